The van der Waals surface area contributed by atoms with E-state index in [2.05, 4.69) is 4.18 Å². The molecule has 2 atom stereocenters. The average molecular weight is 590 g/mol. The summed E-state index contributed by atoms with van der Waals surface area (Å²) in [6.45, 7) is 7.00. The second-order valence-electron chi connectivity index (χ2n) is 10.1. The molecule has 8 nitrogen and oxygen atoms in total. The van der Waals surface area contributed by atoms with Crippen LogP contribution in [0.2, 0.25) is 0 Å². The van der Waals surface area contributed by atoms with Gasteiger partial charge >= 0.3 is 21.7 Å². The zero-order chi connectivity index (χ0) is 29.9. The van der Waals surface area contributed by atoms with Crippen LogP contribution >= 0.6 is 0 Å². The number of methoxy groups -OCH3 is 1. The van der Waals surface area contributed by atoms with E-state index in [0.29, 0.717) is 5.56 Å². The number of para-hydroxylation sites is 1. The quantitative estimate of drug-likeness (QED) is 0.185. The van der Waals surface area contributed by atoms with Crippen LogP contribution in [0.3, 0.4) is 0 Å². The van der Waals surface area contributed by atoms with Gasteiger partial charge in [0.25, 0.3) is 0 Å². The third-order valence-corrected chi connectivity index (χ3v) is 6.86. The van der Waals surface area contributed by atoms with Gasteiger partial charge in [-0.15, -0.1) is 0 Å². The van der Waals surface area contributed by atoms with Crippen molar-refractivity contribution in [2.24, 2.45) is 0 Å². The Labute approximate surface area is 230 Å². The lowest BCUT2D eigenvalue weighted by atomic mass is 10.0. The minimum atomic E-state index is -5.91. The number of hydrogen-bond acceptors (Lipinski definition) is 7. The SMILES string of the molecule is COc1cc([C@@H](C)N(CCCC2C=C(OS(=O)(=O)C(F)(F)F)c3ccccc3O2)C(=O)OC(C)(C)C)ccc1F. The molecule has 1 heterocycles. The van der Waals surface area contributed by atoms with E-state index < -0.39 is 51.0 Å². The number of benzene rings is 2. The van der Waals surface area contributed by atoms with Crippen molar-refractivity contribution in [2.75, 3.05) is 13.7 Å². The number of alkyl halides is 3. The standard InChI is InChI=1S/C27H31F4NO7S/c1-17(18-12-13-21(28)24(15-18)36-5)32(25(33)38-26(2,3)4)14-8-9-19-16-23(39-40(34,35)27(29,30)31)20-10-6-7-11-22(20)37-19/h6-7,10-13,15-17,19H,8-9,14H2,1-5H3/t17-,19?/m1/s1. The maximum atomic E-state index is 14.0. The number of hydrogen-bond donors (Lipinski definition) is 0. The molecular weight excluding hydrogens is 558 g/mol. The predicted octanol–water partition coefficient (Wildman–Crippen LogP) is 6.58. The zero-order valence-corrected chi connectivity index (χ0v) is 23.4. The Morgan fingerprint density at radius 3 is 2.42 bits per heavy atom. The Hall–Kier alpha value is -3.48. The Morgan fingerprint density at radius 1 is 1.12 bits per heavy atom. The monoisotopic (exact) mass is 589 g/mol. The molecule has 2 aromatic rings. The molecule has 1 aliphatic rings. The van der Waals surface area contributed by atoms with Crippen molar-refractivity contribution in [1.82, 2.24) is 4.90 Å². The third kappa shape index (κ3) is 7.58. The van der Waals surface area contributed by atoms with E-state index in [0.717, 1.165) is 6.08 Å². The summed E-state index contributed by atoms with van der Waals surface area (Å²) in [4.78, 5) is 14.5. The summed E-state index contributed by atoms with van der Waals surface area (Å²) in [5, 5.41) is 0. The number of fused-ring (bicyclic) bond motifs is 1. The maximum absolute atomic E-state index is 14.0. The van der Waals surface area contributed by atoms with Gasteiger partial charge in [0.2, 0.25) is 0 Å². The van der Waals surface area contributed by atoms with Crippen molar-refractivity contribution in [3.63, 3.8) is 0 Å². The van der Waals surface area contributed by atoms with Crippen molar-refractivity contribution in [1.29, 1.82) is 0 Å². The average Bonchev–Trinajstić information content (AvgIpc) is 2.84. The van der Waals surface area contributed by atoms with Crippen molar-refractivity contribution >= 4 is 22.0 Å². The fourth-order valence-corrected chi connectivity index (χ4v) is 4.43. The molecule has 0 aliphatic carbocycles. The van der Waals surface area contributed by atoms with Gasteiger partial charge in [-0.25, -0.2) is 9.18 Å². The van der Waals surface area contributed by atoms with Crippen LogP contribution in [-0.2, 0) is 19.0 Å². The fraction of sp³-hybridized carbons (Fsp3) is 0.444. The van der Waals surface area contributed by atoms with Gasteiger partial charge in [-0.1, -0.05) is 18.2 Å². The van der Waals surface area contributed by atoms with Crippen LogP contribution in [0, 0.1) is 5.82 Å². The summed E-state index contributed by atoms with van der Waals surface area (Å²) in [6.07, 6.45) is 0.151. The number of carbonyl (C=O) groups excluding carboxylic acids is 1. The molecule has 220 valence electrons. The number of nitrogens with zero attached hydrogens (tertiary/aromatic N) is 1. The largest absolute Gasteiger partial charge is 0.534 e. The Balaban J connectivity index is 1.81. The smallest absolute Gasteiger partial charge is 0.494 e. The number of rotatable bonds is 9. The van der Waals surface area contributed by atoms with E-state index in [-0.39, 0.29) is 36.4 Å². The maximum Gasteiger partial charge on any atom is 0.534 e. The van der Waals surface area contributed by atoms with Gasteiger partial charge in [0.05, 0.1) is 18.7 Å². The van der Waals surface area contributed by atoms with Crippen LogP contribution in [0.1, 0.15) is 57.7 Å². The summed E-state index contributed by atoms with van der Waals surface area (Å²) >= 11 is 0. The van der Waals surface area contributed by atoms with Crippen LogP contribution in [0.25, 0.3) is 5.76 Å². The molecule has 1 aliphatic heterocycles. The van der Waals surface area contributed by atoms with Gasteiger partial charge in [0, 0.05) is 12.6 Å². The number of amides is 1. The predicted molar refractivity (Wildman–Crippen MR) is 138 cm³/mol. The van der Waals surface area contributed by atoms with Gasteiger partial charge in [0.1, 0.15) is 17.5 Å². The molecule has 13 heteroatoms. The van der Waals surface area contributed by atoms with Crippen LogP contribution in [-0.4, -0.2) is 50.3 Å². The second kappa shape index (κ2) is 11.9. The first kappa shape index (κ1) is 31.1. The summed E-state index contributed by atoms with van der Waals surface area (Å²) in [5.41, 5.74) is -5.77. The molecule has 40 heavy (non-hydrogen) atoms. The molecule has 1 amide bonds. The highest BCUT2D eigenvalue weighted by Crippen LogP contribution is 2.37. The van der Waals surface area contributed by atoms with Gasteiger partial charge in [-0.05, 0) is 70.4 Å². The molecule has 0 saturated heterocycles. The van der Waals surface area contributed by atoms with Gasteiger partial charge in [-0.2, -0.15) is 21.6 Å². The summed E-state index contributed by atoms with van der Waals surface area (Å²) < 4.78 is 97.2. The number of carbonyl (C=O) groups is 1. The summed E-state index contributed by atoms with van der Waals surface area (Å²) in [5.74, 6) is -0.901. The third-order valence-electron chi connectivity index (χ3n) is 5.89. The van der Waals surface area contributed by atoms with Gasteiger partial charge in [-0.3, -0.25) is 0 Å². The van der Waals surface area contributed by atoms with E-state index in [1.54, 1.807) is 33.8 Å². The lowest BCUT2D eigenvalue weighted by Crippen LogP contribution is -2.39. The van der Waals surface area contributed by atoms with E-state index in [9.17, 15) is 30.8 Å². The number of halogens is 4. The highest BCUT2D eigenvalue weighted by atomic mass is 32.2. The van der Waals surface area contributed by atoms with E-state index in [1.807, 2.05) is 0 Å². The lowest BCUT2D eigenvalue weighted by molar-refractivity contribution is -0.0510. The van der Waals surface area contributed by atoms with Crippen LogP contribution in [0.15, 0.2) is 48.5 Å². The Morgan fingerprint density at radius 2 is 1.80 bits per heavy atom. The second-order valence-corrected chi connectivity index (χ2v) is 11.6. The van der Waals surface area contributed by atoms with Crippen LogP contribution in [0.5, 0.6) is 11.5 Å². The number of ether oxygens (including phenoxy) is 3. The molecule has 3 rings (SSSR count). The van der Waals surface area contributed by atoms with Crippen molar-refractivity contribution in [3.05, 3.63) is 65.5 Å². The van der Waals surface area contributed by atoms with Crippen LogP contribution < -0.4 is 9.47 Å². The van der Waals surface area contributed by atoms with E-state index in [4.69, 9.17) is 14.2 Å². The molecule has 0 radical (unpaired) electrons. The molecule has 0 bridgehead atoms. The van der Waals surface area contributed by atoms with Crippen LogP contribution in [0.4, 0.5) is 22.4 Å². The van der Waals surface area contributed by atoms with E-state index >= 15 is 0 Å². The van der Waals surface area contributed by atoms with Gasteiger partial charge < -0.3 is 23.3 Å². The summed E-state index contributed by atoms with van der Waals surface area (Å²) in [6, 6.07) is 9.61. The molecule has 0 fully saturated rings. The molecule has 0 saturated carbocycles. The molecule has 0 N–H and O–H groups in total. The Bertz CT molecular complexity index is 1350. The first-order valence-electron chi connectivity index (χ1n) is 12.3. The molecule has 0 aromatic heterocycles. The normalized spacial score (nSPS) is 16.2. The topological polar surface area (TPSA) is 91.4 Å². The minimum absolute atomic E-state index is 0.00855. The first-order chi connectivity index (χ1) is 18.5. The highest BCUT2D eigenvalue weighted by molar-refractivity contribution is 7.87. The van der Waals surface area contributed by atoms with Crippen molar-refractivity contribution in [3.8, 4) is 11.5 Å². The lowest BCUT2D eigenvalue weighted by Gasteiger charge is -2.33. The van der Waals surface area contributed by atoms with Gasteiger partial charge in [0.15, 0.2) is 17.3 Å². The zero-order valence-electron chi connectivity index (χ0n) is 22.6. The fourth-order valence-electron chi connectivity index (χ4n) is 3.95. The Kier molecular flexibility index (Phi) is 9.28. The van der Waals surface area contributed by atoms with Crippen molar-refractivity contribution < 1.29 is 49.2 Å². The molecule has 1 unspecified atom stereocenters. The van der Waals surface area contributed by atoms with E-state index in [1.165, 1.54) is 48.4 Å². The highest BCUT2D eigenvalue weighted by Gasteiger charge is 2.49. The molecule has 0 spiro atoms. The van der Waals surface area contributed by atoms with Crippen molar-refractivity contribution in [2.45, 2.75) is 63.8 Å². The minimum Gasteiger partial charge on any atom is -0.494 e. The molecular formula is C27H31F4NO7S. The first-order valence-corrected chi connectivity index (χ1v) is 13.7. The molecule has 2 aromatic carbocycles. The summed E-state index contributed by atoms with van der Waals surface area (Å²) in [7, 11) is -4.58.